The molecular formula is C17H19N5O2S. The van der Waals surface area contributed by atoms with Crippen LogP contribution in [0.2, 0.25) is 0 Å². The molecule has 4 heterocycles. The van der Waals surface area contributed by atoms with E-state index in [2.05, 4.69) is 20.2 Å². The second kappa shape index (κ2) is 7.30. The highest BCUT2D eigenvalue weighted by Gasteiger charge is 2.21. The maximum atomic E-state index is 12.7. The molecule has 3 aromatic heterocycles. The Labute approximate surface area is 149 Å². The van der Waals surface area contributed by atoms with E-state index in [4.69, 9.17) is 4.74 Å². The van der Waals surface area contributed by atoms with Crippen LogP contribution in [0.1, 0.15) is 10.5 Å². The van der Waals surface area contributed by atoms with Crippen molar-refractivity contribution in [3.8, 4) is 11.3 Å². The predicted molar refractivity (Wildman–Crippen MR) is 95.9 cm³/mol. The summed E-state index contributed by atoms with van der Waals surface area (Å²) in [4.78, 5) is 24.4. The van der Waals surface area contributed by atoms with Gasteiger partial charge in [0.2, 0.25) is 0 Å². The van der Waals surface area contributed by atoms with Crippen LogP contribution < -0.4 is 5.32 Å². The van der Waals surface area contributed by atoms with Gasteiger partial charge in [-0.25, -0.2) is 4.98 Å². The average molecular weight is 357 g/mol. The molecule has 1 aliphatic heterocycles. The van der Waals surface area contributed by atoms with E-state index in [9.17, 15) is 4.79 Å². The Morgan fingerprint density at radius 3 is 2.88 bits per heavy atom. The number of hydrogen-bond donors (Lipinski definition) is 1. The molecule has 4 rings (SSSR count). The van der Waals surface area contributed by atoms with E-state index in [0.29, 0.717) is 12.2 Å². The van der Waals surface area contributed by atoms with Crippen LogP contribution in [0.25, 0.3) is 16.2 Å². The molecule has 25 heavy (non-hydrogen) atoms. The fraction of sp³-hybridized carbons (Fsp3) is 0.353. The lowest BCUT2D eigenvalue weighted by atomic mass is 10.1. The van der Waals surface area contributed by atoms with Crippen molar-refractivity contribution in [3.05, 3.63) is 41.8 Å². The van der Waals surface area contributed by atoms with Crippen molar-refractivity contribution in [3.63, 3.8) is 0 Å². The van der Waals surface area contributed by atoms with Crippen molar-refractivity contribution in [2.45, 2.75) is 0 Å². The van der Waals surface area contributed by atoms with Gasteiger partial charge in [0, 0.05) is 55.7 Å². The van der Waals surface area contributed by atoms with E-state index in [1.54, 1.807) is 12.4 Å². The third-order valence-electron chi connectivity index (χ3n) is 4.25. The van der Waals surface area contributed by atoms with Gasteiger partial charge in [-0.2, -0.15) is 0 Å². The summed E-state index contributed by atoms with van der Waals surface area (Å²) in [5, 5.41) is 4.96. The molecule has 0 spiro atoms. The SMILES string of the molecule is O=C(NCCN1CCOCC1)c1nc2sccn2c1-c1ccncc1. The van der Waals surface area contributed by atoms with E-state index < -0.39 is 0 Å². The Morgan fingerprint density at radius 2 is 2.08 bits per heavy atom. The van der Waals surface area contributed by atoms with E-state index in [1.807, 2.05) is 28.1 Å². The average Bonchev–Trinajstić information content (AvgIpc) is 3.24. The molecule has 0 unspecified atom stereocenters. The number of nitrogens with zero attached hydrogens (tertiary/aromatic N) is 4. The minimum atomic E-state index is -0.143. The van der Waals surface area contributed by atoms with Crippen LogP contribution in [0.4, 0.5) is 0 Å². The first-order chi connectivity index (χ1) is 12.3. The van der Waals surface area contributed by atoms with Gasteiger partial charge in [0.25, 0.3) is 5.91 Å². The number of morpholine rings is 1. The second-order valence-corrected chi connectivity index (χ2v) is 6.68. The fourth-order valence-corrected chi connectivity index (χ4v) is 3.68. The van der Waals surface area contributed by atoms with Crippen LogP contribution >= 0.6 is 11.3 Å². The highest BCUT2D eigenvalue weighted by Crippen LogP contribution is 2.27. The minimum Gasteiger partial charge on any atom is -0.379 e. The largest absolute Gasteiger partial charge is 0.379 e. The molecule has 1 fully saturated rings. The van der Waals surface area contributed by atoms with Crippen LogP contribution in [0.15, 0.2) is 36.1 Å². The Balaban J connectivity index is 1.52. The number of pyridine rings is 1. The molecule has 0 radical (unpaired) electrons. The van der Waals surface area contributed by atoms with E-state index in [-0.39, 0.29) is 5.91 Å². The monoisotopic (exact) mass is 357 g/mol. The summed E-state index contributed by atoms with van der Waals surface area (Å²) in [5.74, 6) is -0.143. The molecular weight excluding hydrogens is 338 g/mol. The molecule has 1 aliphatic rings. The Morgan fingerprint density at radius 1 is 1.28 bits per heavy atom. The summed E-state index contributed by atoms with van der Waals surface area (Å²) in [6.07, 6.45) is 5.38. The zero-order chi connectivity index (χ0) is 17.1. The molecule has 0 aliphatic carbocycles. The van der Waals surface area contributed by atoms with Gasteiger partial charge in [0.1, 0.15) is 0 Å². The molecule has 0 saturated carbocycles. The molecule has 1 amide bonds. The molecule has 0 atom stereocenters. The normalized spacial score (nSPS) is 15.5. The summed E-state index contributed by atoms with van der Waals surface area (Å²) in [7, 11) is 0. The van der Waals surface area contributed by atoms with Crippen molar-refractivity contribution < 1.29 is 9.53 Å². The number of ether oxygens (including phenoxy) is 1. The summed E-state index contributed by atoms with van der Waals surface area (Å²) < 4.78 is 7.30. The highest BCUT2D eigenvalue weighted by atomic mass is 32.1. The molecule has 0 aromatic carbocycles. The Bertz CT molecular complexity index is 854. The van der Waals surface area contributed by atoms with Crippen molar-refractivity contribution in [2.24, 2.45) is 0 Å². The first-order valence-corrected chi connectivity index (χ1v) is 9.15. The number of carbonyl (C=O) groups excluding carboxylic acids is 1. The number of nitrogens with one attached hydrogen (secondary N) is 1. The second-order valence-electron chi connectivity index (χ2n) is 5.81. The zero-order valence-corrected chi connectivity index (χ0v) is 14.5. The van der Waals surface area contributed by atoms with Gasteiger partial charge in [0.05, 0.1) is 18.9 Å². The number of carbonyl (C=O) groups is 1. The van der Waals surface area contributed by atoms with Crippen LogP contribution in [0.5, 0.6) is 0 Å². The fourth-order valence-electron chi connectivity index (χ4n) is 2.97. The number of imidazole rings is 1. The summed E-state index contributed by atoms with van der Waals surface area (Å²) in [6.45, 7) is 4.77. The van der Waals surface area contributed by atoms with Crippen LogP contribution in [-0.2, 0) is 4.74 Å². The summed E-state index contributed by atoms with van der Waals surface area (Å²) in [5.41, 5.74) is 2.20. The topological polar surface area (TPSA) is 71.8 Å². The molecule has 1 saturated heterocycles. The minimum absolute atomic E-state index is 0.143. The number of thiazole rings is 1. The zero-order valence-electron chi connectivity index (χ0n) is 13.7. The van der Waals surface area contributed by atoms with E-state index in [0.717, 1.165) is 49.1 Å². The van der Waals surface area contributed by atoms with Gasteiger partial charge in [-0.3, -0.25) is 19.1 Å². The maximum Gasteiger partial charge on any atom is 0.272 e. The third-order valence-corrected chi connectivity index (χ3v) is 5.00. The van der Waals surface area contributed by atoms with Crippen LogP contribution in [0, 0.1) is 0 Å². The lowest BCUT2D eigenvalue weighted by Crippen LogP contribution is -2.41. The Hall–Kier alpha value is -2.29. The first-order valence-electron chi connectivity index (χ1n) is 8.27. The van der Waals surface area contributed by atoms with Crippen molar-refractivity contribution in [1.29, 1.82) is 0 Å². The molecule has 3 aromatic rings. The van der Waals surface area contributed by atoms with Crippen molar-refractivity contribution >= 4 is 22.2 Å². The molecule has 8 heteroatoms. The van der Waals surface area contributed by atoms with Crippen molar-refractivity contribution in [2.75, 3.05) is 39.4 Å². The van der Waals surface area contributed by atoms with Gasteiger partial charge in [-0.15, -0.1) is 11.3 Å². The standard InChI is InChI=1S/C17H19N5O2S/c23-16(19-5-6-21-7-10-24-11-8-21)14-15(13-1-3-18-4-2-13)22-9-12-25-17(22)20-14/h1-4,9,12H,5-8,10-11H2,(H,19,23). The number of amides is 1. The molecule has 130 valence electrons. The van der Waals surface area contributed by atoms with Gasteiger partial charge in [-0.05, 0) is 12.1 Å². The van der Waals surface area contributed by atoms with E-state index >= 15 is 0 Å². The molecule has 0 bridgehead atoms. The number of hydrogen-bond acceptors (Lipinski definition) is 6. The lowest BCUT2D eigenvalue weighted by molar-refractivity contribution is 0.0383. The number of aromatic nitrogens is 3. The maximum absolute atomic E-state index is 12.7. The number of fused-ring (bicyclic) bond motifs is 1. The third kappa shape index (κ3) is 3.41. The highest BCUT2D eigenvalue weighted by molar-refractivity contribution is 7.15. The van der Waals surface area contributed by atoms with Crippen LogP contribution in [0.3, 0.4) is 0 Å². The van der Waals surface area contributed by atoms with Gasteiger partial charge in [-0.1, -0.05) is 0 Å². The van der Waals surface area contributed by atoms with Gasteiger partial charge >= 0.3 is 0 Å². The smallest absolute Gasteiger partial charge is 0.272 e. The number of rotatable bonds is 5. The molecule has 1 N–H and O–H groups in total. The summed E-state index contributed by atoms with van der Waals surface area (Å²) >= 11 is 1.52. The van der Waals surface area contributed by atoms with Crippen molar-refractivity contribution in [1.82, 2.24) is 24.6 Å². The van der Waals surface area contributed by atoms with Crippen LogP contribution in [-0.4, -0.2) is 64.6 Å². The predicted octanol–water partition coefficient (Wildman–Crippen LogP) is 1.52. The first kappa shape index (κ1) is 16.2. The summed E-state index contributed by atoms with van der Waals surface area (Å²) in [6, 6.07) is 3.79. The quantitative estimate of drug-likeness (QED) is 0.750. The van der Waals surface area contributed by atoms with E-state index in [1.165, 1.54) is 11.3 Å². The van der Waals surface area contributed by atoms with Gasteiger partial charge in [0.15, 0.2) is 10.7 Å². The molecule has 7 nitrogen and oxygen atoms in total. The Kier molecular flexibility index (Phi) is 4.73. The lowest BCUT2D eigenvalue weighted by Gasteiger charge is -2.26. The van der Waals surface area contributed by atoms with Gasteiger partial charge < -0.3 is 10.1 Å².